The molecule has 2 rings (SSSR count). The normalized spacial score (nSPS) is 37.1. The van der Waals surface area contributed by atoms with E-state index < -0.39 is 98.6 Å². The lowest BCUT2D eigenvalue weighted by Gasteiger charge is -2.47. The van der Waals surface area contributed by atoms with Gasteiger partial charge in [0.05, 0.1) is 6.61 Å². The molecule has 0 aromatic heterocycles. The van der Waals surface area contributed by atoms with Crippen molar-refractivity contribution in [3.8, 4) is 0 Å². The molecule has 0 aromatic rings. The molecule has 2 aliphatic heterocycles. The second-order valence-corrected chi connectivity index (χ2v) is 7.86. The molecule has 3 N–H and O–H groups in total. The fourth-order valence-corrected chi connectivity index (χ4v) is 3.66. The van der Waals surface area contributed by atoms with Crippen LogP contribution in [0.25, 0.3) is 0 Å². The lowest BCUT2D eigenvalue weighted by atomic mass is 9.96. The maximum absolute atomic E-state index is 13.8. The van der Waals surface area contributed by atoms with E-state index in [0.717, 1.165) is 27.7 Å². The Kier molecular flexibility index (Phi) is 10.3. The van der Waals surface area contributed by atoms with E-state index in [1.54, 1.807) is 0 Å². The summed E-state index contributed by atoms with van der Waals surface area (Å²) in [6.45, 7) is 2.81. The van der Waals surface area contributed by atoms with Gasteiger partial charge < -0.3 is 48.5 Å². The topological polar surface area (TPSA) is 194 Å². The van der Waals surface area contributed by atoms with Gasteiger partial charge >= 0.3 is 23.9 Å². The number of alkyl halides is 1. The lowest BCUT2D eigenvalue weighted by Crippen LogP contribution is -2.66. The lowest BCUT2D eigenvalue weighted by molar-refractivity contribution is -0.350. The summed E-state index contributed by atoms with van der Waals surface area (Å²) in [6, 6.07) is 0. The molecule has 0 amide bonds. The second kappa shape index (κ2) is 12.5. The van der Waals surface area contributed by atoms with Crippen LogP contribution in [0.4, 0.5) is 4.39 Å². The summed E-state index contributed by atoms with van der Waals surface area (Å²) in [6.07, 6.45) is -17.1. The minimum Gasteiger partial charge on any atom is -0.463 e. The molecule has 14 nitrogen and oxygen atoms in total. The Morgan fingerprint density at radius 1 is 0.743 bits per heavy atom. The second-order valence-electron chi connectivity index (χ2n) is 7.86. The molecular weight excluding hydrogens is 483 g/mol. The Bertz CT molecular complexity index is 775. The summed E-state index contributed by atoms with van der Waals surface area (Å²) in [7, 11) is 0. The maximum Gasteiger partial charge on any atom is 0.303 e. The van der Waals surface area contributed by atoms with Crippen LogP contribution in [0.2, 0.25) is 0 Å². The molecule has 0 bridgehead atoms. The van der Waals surface area contributed by atoms with Gasteiger partial charge in [0.25, 0.3) is 0 Å². The number of aliphatic hydroxyl groups is 3. The van der Waals surface area contributed by atoms with E-state index in [4.69, 9.17) is 33.2 Å². The number of halogens is 1. The first-order chi connectivity index (χ1) is 16.3. The van der Waals surface area contributed by atoms with E-state index in [0.29, 0.717) is 0 Å². The number of ether oxygens (including phenoxy) is 7. The highest BCUT2D eigenvalue weighted by molar-refractivity contribution is 5.68. The molecule has 0 radical (unpaired) electrons. The summed E-state index contributed by atoms with van der Waals surface area (Å²) in [4.78, 5) is 46.8. The van der Waals surface area contributed by atoms with Crippen LogP contribution in [0, 0.1) is 0 Å². The van der Waals surface area contributed by atoms with Crippen molar-refractivity contribution < 1.29 is 72.0 Å². The van der Waals surface area contributed by atoms with Crippen molar-refractivity contribution in [2.75, 3.05) is 13.2 Å². The van der Waals surface area contributed by atoms with Gasteiger partial charge in [-0.3, -0.25) is 19.2 Å². The van der Waals surface area contributed by atoms with E-state index >= 15 is 0 Å². The fourth-order valence-electron chi connectivity index (χ4n) is 3.66. The van der Waals surface area contributed by atoms with E-state index in [1.165, 1.54) is 0 Å². The zero-order valence-electron chi connectivity index (χ0n) is 19.4. The molecular formula is C20H29FO14. The fraction of sp³-hybridized carbons (Fsp3) is 0.800. The monoisotopic (exact) mass is 512 g/mol. The molecule has 0 saturated carbocycles. The minimum absolute atomic E-state index is 0.528. The van der Waals surface area contributed by atoms with Gasteiger partial charge in [-0.1, -0.05) is 0 Å². The quantitative estimate of drug-likeness (QED) is 0.236. The SMILES string of the molecule is CC(=O)OC[C@H]1O[C@H](O[C@H]2[C@H](O)[C@@H](O)[C@H](F)O[C@@H]2CO)[C@H](OC(C)=O)[C@@H](OC(C)=O)[C@@H]1OC(C)=O. The first-order valence-corrected chi connectivity index (χ1v) is 10.6. The maximum atomic E-state index is 13.8. The summed E-state index contributed by atoms with van der Waals surface area (Å²) in [5, 5.41) is 29.8. The molecule has 2 aliphatic rings. The molecule has 2 heterocycles. The molecule has 0 aromatic carbocycles. The zero-order valence-corrected chi connectivity index (χ0v) is 19.4. The molecule has 0 unspecified atom stereocenters. The van der Waals surface area contributed by atoms with Gasteiger partial charge in [-0.25, -0.2) is 4.39 Å². The van der Waals surface area contributed by atoms with Crippen LogP contribution < -0.4 is 0 Å². The van der Waals surface area contributed by atoms with Crippen molar-refractivity contribution >= 4 is 23.9 Å². The average molecular weight is 512 g/mol. The van der Waals surface area contributed by atoms with Crippen LogP contribution in [-0.2, 0) is 52.3 Å². The standard InChI is InChI=1S/C20H29FO14/c1-7(23)29-6-12-16(30-8(2)24)17(31-9(3)25)18(32-10(4)26)20(34-12)35-15-11(5-22)33-19(21)14(28)13(15)27/h11-20,22,27-28H,5-6H2,1-4H3/t11-,12-,13-,14-,15-,16-,17+,18-,19-,20-/m1/s1. The summed E-state index contributed by atoms with van der Waals surface area (Å²) in [5.41, 5.74) is 0. The third-order valence-electron chi connectivity index (χ3n) is 5.05. The Morgan fingerprint density at radius 2 is 1.29 bits per heavy atom. The van der Waals surface area contributed by atoms with Crippen molar-refractivity contribution in [3.05, 3.63) is 0 Å². The molecule has 15 heteroatoms. The van der Waals surface area contributed by atoms with Gasteiger partial charge in [0.15, 0.2) is 24.6 Å². The predicted molar refractivity (Wildman–Crippen MR) is 106 cm³/mol. The van der Waals surface area contributed by atoms with Crippen LogP contribution in [0.3, 0.4) is 0 Å². The smallest absolute Gasteiger partial charge is 0.303 e. The van der Waals surface area contributed by atoms with Crippen LogP contribution in [0.5, 0.6) is 0 Å². The van der Waals surface area contributed by atoms with Crippen molar-refractivity contribution in [2.24, 2.45) is 0 Å². The number of rotatable bonds is 8. The zero-order chi connectivity index (χ0) is 26.4. The first-order valence-electron chi connectivity index (χ1n) is 10.6. The highest BCUT2D eigenvalue weighted by atomic mass is 19.1. The van der Waals surface area contributed by atoms with Crippen molar-refractivity contribution in [3.63, 3.8) is 0 Å². The Morgan fingerprint density at radius 3 is 1.80 bits per heavy atom. The molecule has 10 atom stereocenters. The van der Waals surface area contributed by atoms with Crippen LogP contribution in [-0.4, -0.2) is 114 Å². The minimum atomic E-state index is -2.34. The van der Waals surface area contributed by atoms with Gasteiger partial charge in [0.2, 0.25) is 6.36 Å². The van der Waals surface area contributed by atoms with Gasteiger partial charge in [-0.05, 0) is 0 Å². The first kappa shape index (κ1) is 28.8. The molecule has 0 aliphatic carbocycles. The van der Waals surface area contributed by atoms with E-state index in [1.807, 2.05) is 0 Å². The van der Waals surface area contributed by atoms with E-state index in [-0.39, 0.29) is 0 Å². The molecule has 2 saturated heterocycles. The van der Waals surface area contributed by atoms with Crippen molar-refractivity contribution in [1.82, 2.24) is 0 Å². The summed E-state index contributed by atoms with van der Waals surface area (Å²) < 4.78 is 50.6. The van der Waals surface area contributed by atoms with Crippen molar-refractivity contribution in [1.29, 1.82) is 0 Å². The number of hydrogen-bond acceptors (Lipinski definition) is 14. The van der Waals surface area contributed by atoms with Gasteiger partial charge in [0, 0.05) is 27.7 Å². The Hall–Kier alpha value is -2.43. The molecule has 0 spiro atoms. The van der Waals surface area contributed by atoms with E-state index in [2.05, 4.69) is 0 Å². The highest BCUT2D eigenvalue weighted by Crippen LogP contribution is 2.33. The Labute approximate surface area is 199 Å². The van der Waals surface area contributed by atoms with Crippen LogP contribution >= 0.6 is 0 Å². The number of carbonyl (C=O) groups excluding carboxylic acids is 4. The van der Waals surface area contributed by atoms with Gasteiger partial charge in [-0.2, -0.15) is 0 Å². The van der Waals surface area contributed by atoms with Gasteiger partial charge in [0.1, 0.15) is 37.1 Å². The molecule has 200 valence electrons. The van der Waals surface area contributed by atoms with Crippen LogP contribution in [0.1, 0.15) is 27.7 Å². The molecule has 35 heavy (non-hydrogen) atoms. The van der Waals surface area contributed by atoms with Gasteiger partial charge in [-0.15, -0.1) is 0 Å². The largest absolute Gasteiger partial charge is 0.463 e. The predicted octanol–water partition coefficient (Wildman–Crippen LogP) is -2.14. The van der Waals surface area contributed by atoms with E-state index in [9.17, 15) is 38.9 Å². The highest BCUT2D eigenvalue weighted by Gasteiger charge is 2.55. The number of aliphatic hydroxyl groups excluding tert-OH is 3. The number of esters is 4. The summed E-state index contributed by atoms with van der Waals surface area (Å²) >= 11 is 0. The Balaban J connectivity index is 2.46. The van der Waals surface area contributed by atoms with Crippen LogP contribution in [0.15, 0.2) is 0 Å². The number of carbonyl (C=O) groups is 4. The summed E-state index contributed by atoms with van der Waals surface area (Å²) in [5.74, 6) is -3.33. The third kappa shape index (κ3) is 7.52. The average Bonchev–Trinajstić information content (AvgIpc) is 2.75. The molecule has 2 fully saturated rings. The number of hydrogen-bond donors (Lipinski definition) is 3. The third-order valence-corrected chi connectivity index (χ3v) is 5.05. The van der Waals surface area contributed by atoms with Crippen molar-refractivity contribution in [2.45, 2.75) is 89.2 Å².